The standard InChI is InChI=1S/C21H22N2O3/c24-21(23-10-9-22-19-12-25-13-20(19)23)26-11-18-16-7-3-1-5-14(16)15-6-2-4-8-17(15)18/h1-8,18-20,22H,9-13H2/t19-,20+/m0/s1. The van der Waals surface area contributed by atoms with E-state index in [2.05, 4.69) is 53.8 Å². The highest BCUT2D eigenvalue weighted by Crippen LogP contribution is 2.44. The minimum Gasteiger partial charge on any atom is -0.448 e. The molecule has 1 aliphatic carbocycles. The number of fused-ring (bicyclic) bond motifs is 4. The summed E-state index contributed by atoms with van der Waals surface area (Å²) in [4.78, 5) is 14.6. The van der Waals surface area contributed by atoms with Crippen molar-refractivity contribution in [3.8, 4) is 11.1 Å². The van der Waals surface area contributed by atoms with Crippen molar-refractivity contribution in [2.45, 2.75) is 18.0 Å². The smallest absolute Gasteiger partial charge is 0.410 e. The number of benzene rings is 2. The second-order valence-electron chi connectivity index (χ2n) is 7.16. The number of carbonyl (C=O) groups is 1. The Hall–Kier alpha value is -2.37. The summed E-state index contributed by atoms with van der Waals surface area (Å²) in [6.07, 6.45) is -0.228. The highest BCUT2D eigenvalue weighted by Gasteiger charge is 2.39. The number of nitrogens with zero attached hydrogens (tertiary/aromatic N) is 1. The van der Waals surface area contributed by atoms with Crippen LogP contribution in [0.25, 0.3) is 11.1 Å². The van der Waals surface area contributed by atoms with Crippen LogP contribution in [0.4, 0.5) is 4.79 Å². The van der Waals surface area contributed by atoms with E-state index in [0.29, 0.717) is 26.4 Å². The van der Waals surface area contributed by atoms with Gasteiger partial charge in [0.2, 0.25) is 0 Å². The van der Waals surface area contributed by atoms with Gasteiger partial charge in [-0.1, -0.05) is 48.5 Å². The fourth-order valence-electron chi connectivity index (χ4n) is 4.48. The van der Waals surface area contributed by atoms with Crippen molar-refractivity contribution in [3.63, 3.8) is 0 Å². The summed E-state index contributed by atoms with van der Waals surface area (Å²) >= 11 is 0. The predicted molar refractivity (Wildman–Crippen MR) is 98.2 cm³/mol. The van der Waals surface area contributed by atoms with Gasteiger partial charge in [0.25, 0.3) is 0 Å². The molecule has 2 aromatic rings. The van der Waals surface area contributed by atoms with Crippen molar-refractivity contribution in [1.29, 1.82) is 0 Å². The van der Waals surface area contributed by atoms with Crippen LogP contribution in [0, 0.1) is 0 Å². The molecule has 0 unspecified atom stereocenters. The van der Waals surface area contributed by atoms with E-state index < -0.39 is 0 Å². The van der Waals surface area contributed by atoms with Crippen LogP contribution >= 0.6 is 0 Å². The largest absolute Gasteiger partial charge is 0.448 e. The summed E-state index contributed by atoms with van der Waals surface area (Å²) in [5.41, 5.74) is 4.97. The Labute approximate surface area is 152 Å². The molecule has 2 heterocycles. The highest BCUT2D eigenvalue weighted by molar-refractivity contribution is 5.79. The normalized spacial score (nSPS) is 24.1. The van der Waals surface area contributed by atoms with Crippen LogP contribution in [0.3, 0.4) is 0 Å². The number of carbonyl (C=O) groups excluding carboxylic acids is 1. The molecule has 1 N–H and O–H groups in total. The van der Waals surface area contributed by atoms with Gasteiger partial charge in [-0.15, -0.1) is 0 Å². The molecule has 5 nitrogen and oxygen atoms in total. The molecule has 134 valence electrons. The second kappa shape index (κ2) is 6.41. The topological polar surface area (TPSA) is 50.8 Å². The van der Waals surface area contributed by atoms with Gasteiger partial charge in [-0.25, -0.2) is 4.79 Å². The van der Waals surface area contributed by atoms with Gasteiger partial charge in [-0.3, -0.25) is 4.90 Å². The van der Waals surface area contributed by atoms with E-state index in [4.69, 9.17) is 9.47 Å². The molecule has 3 aliphatic rings. The average Bonchev–Trinajstić information content (AvgIpc) is 3.29. The first-order valence-electron chi connectivity index (χ1n) is 9.25. The molecule has 0 bridgehead atoms. The zero-order chi connectivity index (χ0) is 17.5. The third-order valence-electron chi connectivity index (χ3n) is 5.78. The molecule has 26 heavy (non-hydrogen) atoms. The summed E-state index contributed by atoms with van der Waals surface area (Å²) in [6.45, 7) is 3.07. The Bertz CT molecular complexity index is 792. The lowest BCUT2D eigenvalue weighted by atomic mass is 9.98. The number of rotatable bonds is 2. The Kier molecular flexibility index (Phi) is 3.91. The molecular formula is C21H22N2O3. The Morgan fingerprint density at radius 3 is 2.50 bits per heavy atom. The number of nitrogens with one attached hydrogen (secondary N) is 1. The first-order chi connectivity index (χ1) is 12.8. The van der Waals surface area contributed by atoms with E-state index in [9.17, 15) is 4.79 Å². The molecule has 0 radical (unpaired) electrons. The van der Waals surface area contributed by atoms with Gasteiger partial charge in [-0.05, 0) is 22.3 Å². The number of hydrogen-bond donors (Lipinski definition) is 1. The van der Waals surface area contributed by atoms with Gasteiger partial charge in [0.15, 0.2) is 0 Å². The van der Waals surface area contributed by atoms with Crippen LogP contribution < -0.4 is 5.32 Å². The van der Waals surface area contributed by atoms with Crippen molar-refractivity contribution in [2.24, 2.45) is 0 Å². The summed E-state index contributed by atoms with van der Waals surface area (Å²) in [7, 11) is 0. The summed E-state index contributed by atoms with van der Waals surface area (Å²) in [5.74, 6) is 0.102. The molecule has 5 rings (SSSR count). The lowest BCUT2D eigenvalue weighted by Gasteiger charge is -2.36. The van der Waals surface area contributed by atoms with Crippen molar-refractivity contribution in [2.75, 3.05) is 32.9 Å². The molecule has 0 saturated carbocycles. The third-order valence-corrected chi connectivity index (χ3v) is 5.78. The molecule has 1 amide bonds. The minimum absolute atomic E-state index is 0.0828. The number of piperazine rings is 1. The van der Waals surface area contributed by atoms with Crippen LogP contribution in [-0.2, 0) is 9.47 Å². The van der Waals surface area contributed by atoms with Crippen LogP contribution in [0.15, 0.2) is 48.5 Å². The predicted octanol–water partition coefficient (Wildman–Crippen LogP) is 2.61. The van der Waals surface area contributed by atoms with Crippen molar-refractivity contribution in [1.82, 2.24) is 10.2 Å². The zero-order valence-corrected chi connectivity index (χ0v) is 14.6. The second-order valence-corrected chi connectivity index (χ2v) is 7.16. The van der Waals surface area contributed by atoms with Crippen molar-refractivity contribution >= 4 is 6.09 Å². The Balaban J connectivity index is 1.35. The van der Waals surface area contributed by atoms with Gasteiger partial charge >= 0.3 is 6.09 Å². The number of hydrogen-bond acceptors (Lipinski definition) is 4. The third kappa shape index (κ3) is 2.50. The van der Waals surface area contributed by atoms with Gasteiger partial charge in [-0.2, -0.15) is 0 Å². The lowest BCUT2D eigenvalue weighted by Crippen LogP contribution is -2.59. The molecular weight excluding hydrogens is 328 g/mol. The van der Waals surface area contributed by atoms with Gasteiger partial charge in [0, 0.05) is 19.0 Å². The van der Waals surface area contributed by atoms with Crippen molar-refractivity contribution in [3.05, 3.63) is 59.7 Å². The Morgan fingerprint density at radius 2 is 1.77 bits per heavy atom. The van der Waals surface area contributed by atoms with E-state index in [1.165, 1.54) is 22.3 Å². The maximum absolute atomic E-state index is 12.7. The van der Waals surface area contributed by atoms with E-state index >= 15 is 0 Å². The summed E-state index contributed by atoms with van der Waals surface area (Å²) < 4.78 is 11.3. The zero-order valence-electron chi connectivity index (χ0n) is 14.6. The molecule has 0 aromatic heterocycles. The van der Waals surface area contributed by atoms with Crippen molar-refractivity contribution < 1.29 is 14.3 Å². The Morgan fingerprint density at radius 1 is 1.08 bits per heavy atom. The van der Waals surface area contributed by atoms with Gasteiger partial charge < -0.3 is 14.8 Å². The SMILES string of the molecule is O=C(OCC1c2ccccc2-c2ccccc21)N1CCN[C@H]2COC[C@H]21. The van der Waals surface area contributed by atoms with E-state index in [1.807, 2.05) is 4.90 Å². The summed E-state index contributed by atoms with van der Waals surface area (Å²) in [5, 5.41) is 3.41. The lowest BCUT2D eigenvalue weighted by molar-refractivity contribution is 0.0679. The van der Waals surface area contributed by atoms with Gasteiger partial charge in [0.1, 0.15) is 6.61 Å². The van der Waals surface area contributed by atoms with Crippen LogP contribution in [0.1, 0.15) is 17.0 Å². The number of amides is 1. The van der Waals surface area contributed by atoms with E-state index in [-0.39, 0.29) is 24.1 Å². The molecule has 2 fully saturated rings. The molecule has 2 saturated heterocycles. The first-order valence-corrected chi connectivity index (χ1v) is 9.25. The average molecular weight is 350 g/mol. The van der Waals surface area contributed by atoms with E-state index in [0.717, 1.165) is 6.54 Å². The molecule has 5 heteroatoms. The fraction of sp³-hybridized carbons (Fsp3) is 0.381. The van der Waals surface area contributed by atoms with Gasteiger partial charge in [0.05, 0.1) is 25.3 Å². The molecule has 2 atom stereocenters. The summed E-state index contributed by atoms with van der Waals surface area (Å²) in [6, 6.07) is 17.1. The van der Waals surface area contributed by atoms with E-state index in [1.54, 1.807) is 0 Å². The number of ether oxygens (including phenoxy) is 2. The first kappa shape index (κ1) is 15.9. The molecule has 2 aromatic carbocycles. The van der Waals surface area contributed by atoms with Crippen LogP contribution in [0.2, 0.25) is 0 Å². The minimum atomic E-state index is -0.228. The fourth-order valence-corrected chi connectivity index (χ4v) is 4.48. The quantitative estimate of drug-likeness (QED) is 0.905. The maximum atomic E-state index is 12.7. The molecule has 0 spiro atoms. The highest BCUT2D eigenvalue weighted by atomic mass is 16.6. The van der Waals surface area contributed by atoms with Crippen LogP contribution in [-0.4, -0.2) is 56.0 Å². The maximum Gasteiger partial charge on any atom is 0.410 e. The monoisotopic (exact) mass is 350 g/mol. The van der Waals surface area contributed by atoms with Crippen LogP contribution in [0.5, 0.6) is 0 Å². The molecule has 2 aliphatic heterocycles.